The van der Waals surface area contributed by atoms with Gasteiger partial charge in [-0.25, -0.2) is 14.4 Å². The van der Waals surface area contributed by atoms with Gasteiger partial charge in [-0.2, -0.15) is 0 Å². The van der Waals surface area contributed by atoms with E-state index in [-0.39, 0.29) is 29.4 Å². The van der Waals surface area contributed by atoms with Crippen molar-refractivity contribution in [2.24, 2.45) is 50.2 Å². The van der Waals surface area contributed by atoms with Gasteiger partial charge in [0.25, 0.3) is 0 Å². The second kappa shape index (κ2) is 23.1. The lowest BCUT2D eigenvalue weighted by molar-refractivity contribution is -0.392. The molecule has 466 valence electrons. The maximum absolute atomic E-state index is 14.3. The monoisotopic (exact) mass is 1180 g/mol. The number of rotatable bonds is 13. The van der Waals surface area contributed by atoms with Gasteiger partial charge in [-0.15, -0.1) is 0 Å². The van der Waals surface area contributed by atoms with Crippen LogP contribution in [0.4, 0.5) is 0 Å². The van der Waals surface area contributed by atoms with Gasteiger partial charge in [0.2, 0.25) is 0 Å². The number of carbonyl (C=O) groups is 3. The minimum absolute atomic E-state index is 0.168. The molecule has 0 bridgehead atoms. The Morgan fingerprint density at radius 2 is 1.21 bits per heavy atom. The number of benzene rings is 2. The van der Waals surface area contributed by atoms with Crippen molar-refractivity contribution in [2.75, 3.05) is 19.8 Å². The van der Waals surface area contributed by atoms with Crippen LogP contribution >= 0.6 is 0 Å². The van der Waals surface area contributed by atoms with Crippen molar-refractivity contribution in [3.8, 4) is 0 Å². The van der Waals surface area contributed by atoms with Crippen LogP contribution in [0.2, 0.25) is 0 Å². The van der Waals surface area contributed by atoms with Crippen molar-refractivity contribution < 1.29 is 114 Å². The molecule has 26 atom stereocenters. The number of ether oxygens (including phenoxy) is 8. The summed E-state index contributed by atoms with van der Waals surface area (Å²) < 4.78 is 49.3. The van der Waals surface area contributed by atoms with Gasteiger partial charge in [-0.05, 0) is 96.8 Å². The molecule has 0 aromatic heterocycles. The number of carboxylic acid groups (broad SMARTS) is 1. The van der Waals surface area contributed by atoms with Crippen molar-refractivity contribution in [3.63, 3.8) is 0 Å². The van der Waals surface area contributed by atoms with Gasteiger partial charge in [-0.1, -0.05) is 96.5 Å². The molecule has 10 rings (SSSR count). The van der Waals surface area contributed by atoms with E-state index in [1.807, 2.05) is 34.6 Å². The summed E-state index contributed by atoms with van der Waals surface area (Å²) in [6.45, 7) is 12.0. The second-order valence-electron chi connectivity index (χ2n) is 26.8. The summed E-state index contributed by atoms with van der Waals surface area (Å²) in [5.74, 6) is -4.16. The number of hydrogen-bond acceptors (Lipinski definition) is 22. The van der Waals surface area contributed by atoms with E-state index in [1.54, 1.807) is 60.7 Å². The molecule has 12 N–H and O–H groups in total. The van der Waals surface area contributed by atoms with Crippen LogP contribution in [0.1, 0.15) is 108 Å². The molecular weight excluding hydrogens is 1100 g/mol. The Kier molecular flexibility index (Phi) is 17.3. The lowest BCUT2D eigenvalue weighted by atomic mass is 9.32. The van der Waals surface area contributed by atoms with Crippen molar-refractivity contribution >= 4 is 17.9 Å². The Labute approximate surface area is 487 Å². The minimum Gasteiger partial charge on any atom is -0.479 e. The highest BCUT2D eigenvalue weighted by molar-refractivity contribution is 5.90. The summed E-state index contributed by atoms with van der Waals surface area (Å²) >= 11 is 0. The van der Waals surface area contributed by atoms with Crippen molar-refractivity contribution in [2.45, 2.75) is 204 Å². The Morgan fingerprint density at radius 1 is 0.619 bits per heavy atom. The second-order valence-corrected chi connectivity index (χ2v) is 26.8. The zero-order chi connectivity index (χ0) is 61.0. The number of esters is 2. The van der Waals surface area contributed by atoms with E-state index in [0.717, 1.165) is 5.57 Å². The van der Waals surface area contributed by atoms with E-state index in [4.69, 9.17) is 37.9 Å². The summed E-state index contributed by atoms with van der Waals surface area (Å²) in [7, 11) is 0. The van der Waals surface area contributed by atoms with Gasteiger partial charge in [0, 0.05) is 10.8 Å². The quantitative estimate of drug-likeness (QED) is 0.0755. The highest BCUT2D eigenvalue weighted by Crippen LogP contribution is 2.76. The fourth-order valence-electron chi connectivity index (χ4n) is 17.0. The number of aliphatic hydroxyl groups is 11. The van der Waals surface area contributed by atoms with E-state index >= 15 is 0 Å². The predicted molar refractivity (Wildman–Crippen MR) is 289 cm³/mol. The molecule has 4 saturated carbocycles. The molecule has 8 aliphatic rings. The highest BCUT2D eigenvalue weighted by Gasteiger charge is 2.76. The molecule has 3 heterocycles. The molecule has 84 heavy (non-hydrogen) atoms. The lowest BCUT2D eigenvalue weighted by Gasteiger charge is -2.73. The van der Waals surface area contributed by atoms with Crippen molar-refractivity contribution in [1.82, 2.24) is 0 Å². The maximum Gasteiger partial charge on any atom is 0.338 e. The third-order valence-corrected chi connectivity index (χ3v) is 21.8. The van der Waals surface area contributed by atoms with E-state index in [0.29, 0.717) is 32.1 Å². The van der Waals surface area contributed by atoms with Gasteiger partial charge in [0.1, 0.15) is 67.1 Å². The topological polar surface area (TPSA) is 368 Å². The number of carbonyl (C=O) groups excluding carboxylic acids is 2. The summed E-state index contributed by atoms with van der Waals surface area (Å²) in [5, 5.41) is 135. The Hall–Kier alpha value is -4.09. The SMILES string of the molecule is CC1(C)CC2C3=CCC4[C@@]5(C)CC[C@H](O[C@@H]6OC(C(=O)O)[C@@H](O)[C@@H](O[C@@H]7OC[C@@H](O)[C@@H](O)C7O)C6O[C@@H]6OC(CO)[C@H](O)[C@@H](O)C6O)C(C)(C)C5CC[C@@]4(C)[C@]3(C)[C@@H](O)[C@@H](O)[C@@]2(CO)[C@@H](OC(=O)c2ccccc2)[C@@H]1OC(=O)c1ccccc1. The number of hydrogen-bond donors (Lipinski definition) is 12. The first-order valence-electron chi connectivity index (χ1n) is 29.2. The van der Waals surface area contributed by atoms with Crippen molar-refractivity contribution in [1.29, 1.82) is 0 Å². The van der Waals surface area contributed by atoms with E-state index < -0.39 is 193 Å². The highest BCUT2D eigenvalue weighted by atomic mass is 16.8. The molecular formula is C61H84O23. The summed E-state index contributed by atoms with van der Waals surface area (Å²) in [4.78, 5) is 41.2. The van der Waals surface area contributed by atoms with Crippen LogP contribution < -0.4 is 0 Å². The molecule has 2 aromatic carbocycles. The molecule has 3 saturated heterocycles. The van der Waals surface area contributed by atoms with Gasteiger partial charge in [0.15, 0.2) is 31.1 Å². The Bertz CT molecular complexity index is 2730. The third-order valence-electron chi connectivity index (χ3n) is 21.8. The molecule has 0 radical (unpaired) electrons. The largest absolute Gasteiger partial charge is 0.479 e. The molecule has 0 spiro atoms. The summed E-state index contributed by atoms with van der Waals surface area (Å²) in [5.41, 5.74) is -4.72. The lowest BCUT2D eigenvalue weighted by Crippen LogP contribution is -2.76. The zero-order valence-electron chi connectivity index (χ0n) is 48.3. The van der Waals surface area contributed by atoms with Crippen LogP contribution in [0.5, 0.6) is 0 Å². The number of aliphatic carboxylic acids is 1. The fraction of sp³-hybridized carbons (Fsp3) is 0.721. The minimum atomic E-state index is -2.13. The van der Waals surface area contributed by atoms with Crippen LogP contribution in [0.3, 0.4) is 0 Å². The average Bonchev–Trinajstić information content (AvgIpc) is 0.672. The summed E-state index contributed by atoms with van der Waals surface area (Å²) in [6, 6.07) is 16.6. The van der Waals surface area contributed by atoms with Crippen LogP contribution in [-0.4, -0.2) is 216 Å². The zero-order valence-corrected chi connectivity index (χ0v) is 48.3. The molecule has 0 amide bonds. The first kappa shape index (κ1) is 62.9. The molecule has 8 unspecified atom stereocenters. The number of aliphatic hydroxyl groups excluding tert-OH is 11. The number of allylic oxidation sites excluding steroid dienone is 1. The van der Waals surface area contributed by atoms with Crippen LogP contribution in [-0.2, 0) is 42.7 Å². The number of fused-ring (bicyclic) bond motifs is 7. The predicted octanol–water partition coefficient (Wildman–Crippen LogP) is 0.958. The maximum atomic E-state index is 14.3. The summed E-state index contributed by atoms with van der Waals surface area (Å²) in [6.07, 6.45) is -27.9. The smallest absolute Gasteiger partial charge is 0.338 e. The standard InChI is InChI=1S/C61H84O23/c1-56(2)24-31-30-18-19-35-58(5)22-21-36(79-55-45(82-54-41(69)39(67)38(66)33(25-62)78-54)43(42(70)44(81-55)50(73)74)80-53-40(68)37(65)32(64)26-77-53)57(3,4)34(58)20-23-59(35,6)60(30,7)46(71)47(72)61(31,27-63)49(84-52(76)29-16-12-9-13-17-29)48(56)83-51(75)28-14-10-8-11-15-28/h8-18,31-49,53-55,62-72H,19-27H2,1-7H3,(H,73,74)/t31?,32-,33?,34?,35?,36+,37-,38+,39-,40?,41?,42+,43-,44?,45?,46+,47-,48+,49+,53+,54+,55-,58+,59-,60+,61+/m1/s1. The Balaban J connectivity index is 0.977. The van der Waals surface area contributed by atoms with E-state index in [2.05, 4.69) is 19.9 Å². The van der Waals surface area contributed by atoms with Crippen LogP contribution in [0.25, 0.3) is 0 Å². The molecule has 23 heteroatoms. The van der Waals surface area contributed by atoms with Crippen LogP contribution in [0, 0.1) is 50.2 Å². The average molecular weight is 1190 g/mol. The van der Waals surface area contributed by atoms with Crippen molar-refractivity contribution in [3.05, 3.63) is 83.4 Å². The molecule has 7 fully saturated rings. The fourth-order valence-corrected chi connectivity index (χ4v) is 17.0. The van der Waals surface area contributed by atoms with Gasteiger partial charge >= 0.3 is 17.9 Å². The molecule has 5 aliphatic carbocycles. The molecule has 23 nitrogen and oxygen atoms in total. The first-order valence-corrected chi connectivity index (χ1v) is 29.2. The Morgan fingerprint density at radius 3 is 1.81 bits per heavy atom. The van der Waals surface area contributed by atoms with Crippen LogP contribution in [0.15, 0.2) is 72.3 Å². The van der Waals surface area contributed by atoms with E-state index in [9.17, 15) is 75.7 Å². The molecule has 2 aromatic rings. The molecule has 3 aliphatic heterocycles. The third kappa shape index (κ3) is 9.98. The van der Waals surface area contributed by atoms with Gasteiger partial charge in [0.05, 0.1) is 54.7 Å². The number of carboxylic acids is 1. The van der Waals surface area contributed by atoms with E-state index in [1.165, 1.54) is 0 Å². The van der Waals surface area contributed by atoms with Gasteiger partial charge < -0.3 is 99.2 Å². The first-order chi connectivity index (χ1) is 39.5. The van der Waals surface area contributed by atoms with Gasteiger partial charge in [-0.3, -0.25) is 0 Å². The normalized spacial score (nSPS) is 46.9.